The Morgan fingerprint density at radius 2 is 2.30 bits per heavy atom. The Labute approximate surface area is 129 Å². The first-order valence-corrected chi connectivity index (χ1v) is 7.87. The van der Waals surface area contributed by atoms with Crippen LogP contribution in [-0.4, -0.2) is 21.5 Å². The predicted molar refractivity (Wildman–Crippen MR) is 85.2 cm³/mol. The largest absolute Gasteiger partial charge is 0.390 e. The highest BCUT2D eigenvalue weighted by Gasteiger charge is 2.15. The first-order valence-electron chi connectivity index (χ1n) is 6.20. The van der Waals surface area contributed by atoms with E-state index in [9.17, 15) is 5.11 Å². The van der Waals surface area contributed by atoms with Gasteiger partial charge < -0.3 is 10.0 Å². The van der Waals surface area contributed by atoms with Crippen molar-refractivity contribution in [2.75, 3.05) is 11.9 Å². The van der Waals surface area contributed by atoms with Gasteiger partial charge in [0.05, 0.1) is 16.1 Å². The summed E-state index contributed by atoms with van der Waals surface area (Å²) in [5.74, 6) is 0.820. The number of aliphatic hydroxyl groups excluding tert-OH is 1. The van der Waals surface area contributed by atoms with Crippen LogP contribution in [0.25, 0.3) is 5.65 Å². The van der Waals surface area contributed by atoms with Crippen molar-refractivity contribution in [2.45, 2.75) is 13.2 Å². The predicted octanol–water partition coefficient (Wildman–Crippen LogP) is 3.29. The van der Waals surface area contributed by atoms with E-state index in [1.165, 1.54) is 5.56 Å². The number of halogens is 1. The zero-order valence-electron chi connectivity index (χ0n) is 11.0. The maximum absolute atomic E-state index is 9.63. The summed E-state index contributed by atoms with van der Waals surface area (Å²) in [6, 6.07) is 7.93. The van der Waals surface area contributed by atoms with Gasteiger partial charge in [-0.2, -0.15) is 0 Å². The summed E-state index contributed by atoms with van der Waals surface area (Å²) in [4.78, 5) is 6.67. The van der Waals surface area contributed by atoms with Crippen molar-refractivity contribution in [2.24, 2.45) is 0 Å². The van der Waals surface area contributed by atoms with Crippen LogP contribution < -0.4 is 4.90 Å². The molecule has 0 aliphatic heterocycles. The molecule has 3 heterocycles. The Morgan fingerprint density at radius 3 is 3.00 bits per heavy atom. The molecule has 3 rings (SSSR count). The van der Waals surface area contributed by atoms with Crippen molar-refractivity contribution >= 4 is 38.7 Å². The number of rotatable bonds is 4. The molecule has 0 aliphatic carbocycles. The maximum atomic E-state index is 9.63. The molecule has 6 heteroatoms. The number of imidazole rings is 1. The second kappa shape index (κ2) is 5.55. The fourth-order valence-electron chi connectivity index (χ4n) is 2.26. The van der Waals surface area contributed by atoms with Crippen molar-refractivity contribution < 1.29 is 5.11 Å². The first kappa shape index (κ1) is 13.6. The van der Waals surface area contributed by atoms with Crippen LogP contribution >= 0.6 is 27.3 Å². The fraction of sp³-hybridized carbons (Fsp3) is 0.214. The maximum Gasteiger partial charge on any atom is 0.153 e. The number of hydrogen-bond acceptors (Lipinski definition) is 4. The standard InChI is InChI=1S/C14H14BrN3OS/c1-17(7-10-6-12(15)20-9-10)14-11(8-19)18-5-3-2-4-13(18)16-14/h2-6,9,19H,7-8H2,1H3. The van der Waals surface area contributed by atoms with Gasteiger partial charge in [-0.25, -0.2) is 4.98 Å². The second-order valence-electron chi connectivity index (χ2n) is 4.58. The smallest absolute Gasteiger partial charge is 0.153 e. The van der Waals surface area contributed by atoms with Crippen LogP contribution in [0.2, 0.25) is 0 Å². The number of aromatic nitrogens is 2. The van der Waals surface area contributed by atoms with E-state index >= 15 is 0 Å². The number of pyridine rings is 1. The number of anilines is 1. The first-order chi connectivity index (χ1) is 9.69. The molecule has 3 aromatic rings. The van der Waals surface area contributed by atoms with Gasteiger partial charge in [0.2, 0.25) is 0 Å². The van der Waals surface area contributed by atoms with E-state index in [1.54, 1.807) is 11.3 Å². The van der Waals surface area contributed by atoms with Gasteiger partial charge in [-0.05, 0) is 45.1 Å². The van der Waals surface area contributed by atoms with Gasteiger partial charge in [-0.15, -0.1) is 11.3 Å². The lowest BCUT2D eigenvalue weighted by atomic mass is 10.3. The summed E-state index contributed by atoms with van der Waals surface area (Å²) in [5.41, 5.74) is 2.90. The molecule has 0 aromatic carbocycles. The number of thiophene rings is 1. The number of aliphatic hydroxyl groups is 1. The molecule has 0 bridgehead atoms. The zero-order valence-corrected chi connectivity index (χ0v) is 13.4. The molecule has 0 atom stereocenters. The van der Waals surface area contributed by atoms with Gasteiger partial charge in [-0.1, -0.05) is 6.07 Å². The average Bonchev–Trinajstić information content (AvgIpc) is 3.01. The van der Waals surface area contributed by atoms with Gasteiger partial charge >= 0.3 is 0 Å². The summed E-state index contributed by atoms with van der Waals surface area (Å²) >= 11 is 5.15. The van der Waals surface area contributed by atoms with E-state index in [0.29, 0.717) is 0 Å². The lowest BCUT2D eigenvalue weighted by Gasteiger charge is -2.17. The summed E-state index contributed by atoms with van der Waals surface area (Å²) in [6.45, 7) is 0.733. The zero-order chi connectivity index (χ0) is 14.1. The van der Waals surface area contributed by atoms with Crippen molar-refractivity contribution in [3.05, 3.63) is 50.9 Å². The van der Waals surface area contributed by atoms with E-state index < -0.39 is 0 Å². The molecule has 0 amide bonds. The molecular weight excluding hydrogens is 338 g/mol. The van der Waals surface area contributed by atoms with E-state index in [2.05, 4.69) is 37.3 Å². The van der Waals surface area contributed by atoms with Crippen LogP contribution in [0.1, 0.15) is 11.3 Å². The summed E-state index contributed by atoms with van der Waals surface area (Å²) < 4.78 is 3.05. The third-order valence-corrected chi connectivity index (χ3v) is 4.71. The topological polar surface area (TPSA) is 40.8 Å². The van der Waals surface area contributed by atoms with Crippen molar-refractivity contribution in [1.82, 2.24) is 9.38 Å². The molecule has 0 spiro atoms. The Bertz CT molecular complexity index is 737. The lowest BCUT2D eigenvalue weighted by Crippen LogP contribution is -2.18. The monoisotopic (exact) mass is 351 g/mol. The third kappa shape index (κ3) is 2.46. The molecular formula is C14H14BrN3OS. The van der Waals surface area contributed by atoms with E-state index in [4.69, 9.17) is 0 Å². The van der Waals surface area contributed by atoms with Crippen molar-refractivity contribution in [1.29, 1.82) is 0 Å². The summed E-state index contributed by atoms with van der Waals surface area (Å²) in [7, 11) is 1.99. The molecule has 3 aromatic heterocycles. The SMILES string of the molecule is CN(Cc1csc(Br)c1)c1nc2ccccn2c1CO. The molecule has 4 nitrogen and oxygen atoms in total. The highest BCUT2D eigenvalue weighted by atomic mass is 79.9. The molecule has 1 N–H and O–H groups in total. The van der Waals surface area contributed by atoms with Gasteiger partial charge in [-0.3, -0.25) is 4.40 Å². The minimum absolute atomic E-state index is 0.0296. The van der Waals surface area contributed by atoms with E-state index in [-0.39, 0.29) is 6.61 Å². The van der Waals surface area contributed by atoms with Crippen LogP contribution in [0.15, 0.2) is 39.6 Å². The fourth-order valence-corrected chi connectivity index (χ4v) is 3.46. The van der Waals surface area contributed by atoms with Crippen molar-refractivity contribution in [3.8, 4) is 0 Å². The third-order valence-electron chi connectivity index (χ3n) is 3.16. The molecule has 0 aliphatic rings. The van der Waals surface area contributed by atoms with Crippen LogP contribution in [0.4, 0.5) is 5.82 Å². The summed E-state index contributed by atoms with van der Waals surface area (Å²) in [5, 5.41) is 11.8. The molecule has 104 valence electrons. The number of fused-ring (bicyclic) bond motifs is 1. The summed E-state index contributed by atoms with van der Waals surface area (Å²) in [6.07, 6.45) is 1.92. The van der Waals surface area contributed by atoms with Crippen molar-refractivity contribution in [3.63, 3.8) is 0 Å². The quantitative estimate of drug-likeness (QED) is 0.783. The minimum atomic E-state index is -0.0296. The average molecular weight is 352 g/mol. The lowest BCUT2D eigenvalue weighted by molar-refractivity contribution is 0.276. The van der Waals surface area contributed by atoms with Crippen LogP contribution in [0, 0.1) is 0 Å². The Balaban J connectivity index is 1.96. The minimum Gasteiger partial charge on any atom is -0.390 e. The van der Waals surface area contributed by atoms with Crippen LogP contribution in [0.3, 0.4) is 0 Å². The Kier molecular flexibility index (Phi) is 3.78. The molecule has 0 saturated carbocycles. The molecule has 20 heavy (non-hydrogen) atoms. The van der Waals surface area contributed by atoms with E-state index in [1.807, 2.05) is 35.8 Å². The molecule has 0 unspecified atom stereocenters. The highest BCUT2D eigenvalue weighted by Crippen LogP contribution is 2.25. The molecule has 0 fully saturated rings. The highest BCUT2D eigenvalue weighted by molar-refractivity contribution is 9.11. The van der Waals surface area contributed by atoms with Crippen LogP contribution in [0.5, 0.6) is 0 Å². The van der Waals surface area contributed by atoms with Gasteiger partial charge in [0.1, 0.15) is 5.65 Å². The number of hydrogen-bond donors (Lipinski definition) is 1. The van der Waals surface area contributed by atoms with Gasteiger partial charge in [0, 0.05) is 19.8 Å². The van der Waals surface area contributed by atoms with Gasteiger partial charge in [0.25, 0.3) is 0 Å². The van der Waals surface area contributed by atoms with Gasteiger partial charge in [0.15, 0.2) is 5.82 Å². The molecule has 0 saturated heterocycles. The Morgan fingerprint density at radius 1 is 1.45 bits per heavy atom. The second-order valence-corrected chi connectivity index (χ2v) is 6.87. The molecule has 0 radical (unpaired) electrons. The number of nitrogens with zero attached hydrogens (tertiary/aromatic N) is 3. The van der Waals surface area contributed by atoms with Crippen LogP contribution in [-0.2, 0) is 13.2 Å². The van der Waals surface area contributed by atoms with E-state index in [0.717, 1.165) is 27.5 Å². The normalized spacial score (nSPS) is 11.2. The Hall–Kier alpha value is -1.37.